The molecule has 3 aromatic rings. The molecular formula is C17H14N2O5S2. The third kappa shape index (κ3) is 3.78. The van der Waals surface area contributed by atoms with E-state index < -0.39 is 4.92 Å². The molecule has 7 nitrogen and oxygen atoms in total. The van der Waals surface area contributed by atoms with Crippen molar-refractivity contribution >= 4 is 44.8 Å². The van der Waals surface area contributed by atoms with E-state index in [0.29, 0.717) is 26.9 Å². The van der Waals surface area contributed by atoms with Crippen molar-refractivity contribution in [1.82, 2.24) is 4.98 Å². The molecule has 2 aromatic carbocycles. The first kappa shape index (κ1) is 18.2. The maximum Gasteiger partial charge on any atom is 0.270 e. The number of nitro groups is 1. The summed E-state index contributed by atoms with van der Waals surface area (Å²) < 4.78 is 11.8. The molecular weight excluding hydrogens is 376 g/mol. The Kier molecular flexibility index (Phi) is 5.38. The Morgan fingerprint density at radius 1 is 1.19 bits per heavy atom. The van der Waals surface area contributed by atoms with Crippen LogP contribution in [0.25, 0.3) is 10.2 Å². The number of aromatic nitrogens is 1. The molecule has 1 heterocycles. The van der Waals surface area contributed by atoms with Gasteiger partial charge in [0.1, 0.15) is 0 Å². The van der Waals surface area contributed by atoms with Crippen molar-refractivity contribution in [1.29, 1.82) is 0 Å². The van der Waals surface area contributed by atoms with Crippen molar-refractivity contribution < 1.29 is 19.2 Å². The fourth-order valence-corrected chi connectivity index (χ4v) is 4.28. The van der Waals surface area contributed by atoms with Gasteiger partial charge in [0.2, 0.25) is 0 Å². The van der Waals surface area contributed by atoms with Crippen LogP contribution in [0.15, 0.2) is 40.7 Å². The number of carbonyl (C=O) groups excluding carboxylic acids is 1. The van der Waals surface area contributed by atoms with Crippen molar-refractivity contribution in [3.8, 4) is 11.5 Å². The van der Waals surface area contributed by atoms with E-state index in [1.165, 1.54) is 49.5 Å². The summed E-state index contributed by atoms with van der Waals surface area (Å²) in [5.74, 6) is 1.19. The number of hydrogen-bond acceptors (Lipinski definition) is 8. The van der Waals surface area contributed by atoms with Gasteiger partial charge in [0.25, 0.3) is 5.69 Å². The summed E-state index contributed by atoms with van der Waals surface area (Å²) in [6, 6.07) is 9.55. The highest BCUT2D eigenvalue weighted by Gasteiger charge is 2.14. The lowest BCUT2D eigenvalue weighted by Gasteiger charge is -2.08. The van der Waals surface area contributed by atoms with Gasteiger partial charge in [-0.1, -0.05) is 11.8 Å². The number of non-ortho nitro benzene ring substituents is 1. The second-order valence-corrected chi connectivity index (χ2v) is 7.42. The SMILES string of the molecule is COc1ccc(C(=O)CSc2nc3ccc([N+](=O)[O-])cc3s2)cc1OC. The van der Waals surface area contributed by atoms with Gasteiger partial charge in [-0.2, -0.15) is 0 Å². The molecule has 0 N–H and O–H groups in total. The van der Waals surface area contributed by atoms with Gasteiger partial charge < -0.3 is 9.47 Å². The number of rotatable bonds is 7. The quantitative estimate of drug-likeness (QED) is 0.258. The number of hydrogen-bond donors (Lipinski definition) is 0. The lowest BCUT2D eigenvalue weighted by Crippen LogP contribution is -2.03. The number of nitro benzene ring substituents is 1. The van der Waals surface area contributed by atoms with Crippen molar-refractivity contribution in [3.63, 3.8) is 0 Å². The number of carbonyl (C=O) groups is 1. The van der Waals surface area contributed by atoms with Gasteiger partial charge >= 0.3 is 0 Å². The highest BCUT2D eigenvalue weighted by molar-refractivity contribution is 8.01. The van der Waals surface area contributed by atoms with Crippen LogP contribution in [0.4, 0.5) is 5.69 Å². The zero-order chi connectivity index (χ0) is 18.7. The van der Waals surface area contributed by atoms with Crippen LogP contribution in [-0.2, 0) is 0 Å². The minimum atomic E-state index is -0.438. The van der Waals surface area contributed by atoms with Crippen molar-refractivity contribution in [2.75, 3.05) is 20.0 Å². The maximum absolute atomic E-state index is 12.4. The normalized spacial score (nSPS) is 10.7. The lowest BCUT2D eigenvalue weighted by molar-refractivity contribution is -0.384. The number of fused-ring (bicyclic) bond motifs is 1. The zero-order valence-corrected chi connectivity index (χ0v) is 15.6. The number of Topliss-reactive ketones (excluding diaryl/α,β-unsaturated/α-hetero) is 1. The molecule has 0 aliphatic rings. The molecule has 1 aromatic heterocycles. The second kappa shape index (κ2) is 7.71. The van der Waals surface area contributed by atoms with E-state index in [0.717, 1.165) is 4.70 Å². The molecule has 134 valence electrons. The maximum atomic E-state index is 12.4. The molecule has 0 atom stereocenters. The summed E-state index contributed by atoms with van der Waals surface area (Å²) in [7, 11) is 3.05. The molecule has 0 bridgehead atoms. The summed E-state index contributed by atoms with van der Waals surface area (Å²) in [5.41, 5.74) is 1.23. The molecule has 9 heteroatoms. The Balaban J connectivity index is 1.73. The molecule has 0 unspecified atom stereocenters. The molecule has 0 spiro atoms. The highest BCUT2D eigenvalue weighted by Crippen LogP contribution is 2.33. The molecule has 0 amide bonds. The van der Waals surface area contributed by atoms with E-state index in [2.05, 4.69) is 4.98 Å². The average molecular weight is 390 g/mol. The standard InChI is InChI=1S/C17H14N2O5S2/c1-23-14-6-3-10(7-15(14)24-2)13(20)9-25-17-18-12-5-4-11(19(21)22)8-16(12)26-17/h3-8H,9H2,1-2H3. The van der Waals surface area contributed by atoms with Gasteiger partial charge in [0, 0.05) is 17.7 Å². The predicted octanol–water partition coefficient (Wildman–Crippen LogP) is 4.20. The monoisotopic (exact) mass is 390 g/mol. The summed E-state index contributed by atoms with van der Waals surface area (Å²) in [5, 5.41) is 10.8. The molecule has 0 aliphatic heterocycles. The fourth-order valence-electron chi connectivity index (χ4n) is 2.29. The molecule has 0 saturated carbocycles. The van der Waals surface area contributed by atoms with E-state index in [1.807, 2.05) is 0 Å². The first-order valence-corrected chi connectivity index (χ1v) is 9.25. The van der Waals surface area contributed by atoms with Gasteiger partial charge in [-0.15, -0.1) is 11.3 Å². The van der Waals surface area contributed by atoms with E-state index in [1.54, 1.807) is 24.3 Å². The van der Waals surface area contributed by atoms with Gasteiger partial charge in [0.05, 0.1) is 35.1 Å². The first-order valence-electron chi connectivity index (χ1n) is 7.45. The number of ketones is 1. The Bertz CT molecular complexity index is 986. The third-order valence-corrected chi connectivity index (χ3v) is 5.76. The molecule has 0 saturated heterocycles. The van der Waals surface area contributed by atoms with E-state index in [4.69, 9.17) is 9.47 Å². The van der Waals surface area contributed by atoms with Crippen molar-refractivity contribution in [3.05, 3.63) is 52.1 Å². The highest BCUT2D eigenvalue weighted by atomic mass is 32.2. The minimum Gasteiger partial charge on any atom is -0.493 e. The Morgan fingerprint density at radius 3 is 2.65 bits per heavy atom. The van der Waals surface area contributed by atoms with Crippen LogP contribution in [0.3, 0.4) is 0 Å². The topological polar surface area (TPSA) is 91.6 Å². The number of nitrogens with zero attached hydrogens (tertiary/aromatic N) is 2. The molecule has 26 heavy (non-hydrogen) atoms. The van der Waals surface area contributed by atoms with Gasteiger partial charge in [-0.25, -0.2) is 4.98 Å². The van der Waals surface area contributed by atoms with Crippen LogP contribution in [0, 0.1) is 10.1 Å². The zero-order valence-electron chi connectivity index (χ0n) is 13.9. The second-order valence-electron chi connectivity index (χ2n) is 5.17. The van der Waals surface area contributed by atoms with Crippen molar-refractivity contribution in [2.24, 2.45) is 0 Å². The lowest BCUT2D eigenvalue weighted by atomic mass is 10.1. The summed E-state index contributed by atoms with van der Waals surface area (Å²) >= 11 is 2.63. The molecule has 0 radical (unpaired) electrons. The Labute approximate surface area is 157 Å². The summed E-state index contributed by atoms with van der Waals surface area (Å²) in [4.78, 5) is 27.2. The van der Waals surface area contributed by atoms with Crippen LogP contribution in [0.5, 0.6) is 11.5 Å². The smallest absolute Gasteiger partial charge is 0.270 e. The van der Waals surface area contributed by atoms with Crippen LogP contribution >= 0.6 is 23.1 Å². The van der Waals surface area contributed by atoms with Gasteiger partial charge in [-0.05, 0) is 24.3 Å². The van der Waals surface area contributed by atoms with E-state index in [-0.39, 0.29) is 17.2 Å². The Morgan fingerprint density at radius 2 is 1.96 bits per heavy atom. The van der Waals surface area contributed by atoms with Crippen LogP contribution in [0.1, 0.15) is 10.4 Å². The van der Waals surface area contributed by atoms with Gasteiger partial charge in [0.15, 0.2) is 21.6 Å². The van der Waals surface area contributed by atoms with Crippen LogP contribution < -0.4 is 9.47 Å². The first-order chi connectivity index (χ1) is 12.5. The summed E-state index contributed by atoms with van der Waals surface area (Å²) in [6.45, 7) is 0. The minimum absolute atomic E-state index is 0.0269. The average Bonchev–Trinajstić information content (AvgIpc) is 3.07. The number of ether oxygens (including phenoxy) is 2. The largest absolute Gasteiger partial charge is 0.493 e. The third-order valence-electron chi connectivity index (χ3n) is 3.60. The van der Waals surface area contributed by atoms with E-state index in [9.17, 15) is 14.9 Å². The number of benzene rings is 2. The molecule has 0 fully saturated rings. The fraction of sp³-hybridized carbons (Fsp3) is 0.176. The number of thiazole rings is 1. The summed E-state index contributed by atoms with van der Waals surface area (Å²) in [6.07, 6.45) is 0. The van der Waals surface area contributed by atoms with Crippen LogP contribution in [-0.4, -0.2) is 35.7 Å². The molecule has 3 rings (SSSR count). The number of methoxy groups -OCH3 is 2. The van der Waals surface area contributed by atoms with Crippen molar-refractivity contribution in [2.45, 2.75) is 4.34 Å². The number of thioether (sulfide) groups is 1. The van der Waals surface area contributed by atoms with E-state index >= 15 is 0 Å². The van der Waals surface area contributed by atoms with Crippen LogP contribution in [0.2, 0.25) is 0 Å². The molecule has 0 aliphatic carbocycles. The predicted molar refractivity (Wildman–Crippen MR) is 101 cm³/mol. The van der Waals surface area contributed by atoms with Gasteiger partial charge in [-0.3, -0.25) is 14.9 Å². The Hall–Kier alpha value is -2.65.